The Labute approximate surface area is 169 Å². The minimum Gasteiger partial charge on any atom is -0.375 e. The van der Waals surface area contributed by atoms with E-state index >= 15 is 0 Å². The van der Waals surface area contributed by atoms with Crippen LogP contribution in [0.3, 0.4) is 0 Å². The van der Waals surface area contributed by atoms with Gasteiger partial charge in [-0.2, -0.15) is 0 Å². The molecule has 0 spiro atoms. The van der Waals surface area contributed by atoms with Crippen LogP contribution in [0.2, 0.25) is 0 Å². The average Bonchev–Trinajstić information content (AvgIpc) is 3.14. The van der Waals surface area contributed by atoms with Crippen molar-refractivity contribution >= 4 is 29.9 Å². The quantitative estimate of drug-likeness (QED) is 0.389. The number of piperidine rings is 1. The van der Waals surface area contributed by atoms with Crippen molar-refractivity contribution < 1.29 is 9.47 Å². The number of hydrogen-bond acceptors (Lipinski definition) is 4. The molecule has 0 aromatic heterocycles. The van der Waals surface area contributed by atoms with Crippen LogP contribution in [0.25, 0.3) is 0 Å². The summed E-state index contributed by atoms with van der Waals surface area (Å²) in [6, 6.07) is 0. The Bertz CT molecular complexity index is 418. The van der Waals surface area contributed by atoms with Crippen molar-refractivity contribution in [2.24, 2.45) is 10.9 Å². The lowest BCUT2D eigenvalue weighted by molar-refractivity contribution is -0.0817. The third-order valence-corrected chi connectivity index (χ3v) is 5.44. The summed E-state index contributed by atoms with van der Waals surface area (Å²) >= 11 is 0. The SMILES string of the molecule is CN=C(NCCN1CCCC(C)C1)N1CCOC(C2CCCO2)C1.I. The van der Waals surface area contributed by atoms with E-state index in [4.69, 9.17) is 9.47 Å². The molecule has 0 amide bonds. The van der Waals surface area contributed by atoms with E-state index in [1.807, 2.05) is 7.05 Å². The smallest absolute Gasteiger partial charge is 0.193 e. The molecule has 3 fully saturated rings. The van der Waals surface area contributed by atoms with Gasteiger partial charge in [-0.05, 0) is 38.1 Å². The van der Waals surface area contributed by atoms with E-state index in [-0.39, 0.29) is 36.2 Å². The van der Waals surface area contributed by atoms with E-state index in [1.54, 1.807) is 0 Å². The number of halogens is 1. The molecular weight excluding hydrogens is 431 g/mol. The third kappa shape index (κ3) is 6.22. The highest BCUT2D eigenvalue weighted by Crippen LogP contribution is 2.21. The van der Waals surface area contributed by atoms with Crippen molar-refractivity contribution in [2.75, 3.05) is 59.5 Å². The fraction of sp³-hybridized carbons (Fsp3) is 0.944. The first kappa shape index (κ1) is 21.2. The fourth-order valence-electron chi connectivity index (χ4n) is 4.14. The summed E-state index contributed by atoms with van der Waals surface area (Å²) in [4.78, 5) is 9.39. The zero-order valence-corrected chi connectivity index (χ0v) is 18.1. The lowest BCUT2D eigenvalue weighted by atomic mass is 10.0. The van der Waals surface area contributed by atoms with E-state index in [9.17, 15) is 0 Å². The monoisotopic (exact) mass is 466 g/mol. The highest BCUT2D eigenvalue weighted by molar-refractivity contribution is 14.0. The number of rotatable bonds is 4. The summed E-state index contributed by atoms with van der Waals surface area (Å²) in [6.45, 7) is 10.3. The maximum atomic E-state index is 5.94. The zero-order valence-electron chi connectivity index (χ0n) is 15.8. The van der Waals surface area contributed by atoms with Gasteiger partial charge in [0.1, 0.15) is 6.10 Å². The summed E-state index contributed by atoms with van der Waals surface area (Å²) in [5.41, 5.74) is 0. The fourth-order valence-corrected chi connectivity index (χ4v) is 4.14. The molecule has 3 heterocycles. The van der Waals surface area contributed by atoms with Gasteiger partial charge in [0.2, 0.25) is 0 Å². The molecule has 0 aromatic rings. The van der Waals surface area contributed by atoms with E-state index in [1.165, 1.54) is 25.9 Å². The first-order chi connectivity index (χ1) is 11.8. The second-order valence-electron chi connectivity index (χ2n) is 7.43. The first-order valence-electron chi connectivity index (χ1n) is 9.67. The van der Waals surface area contributed by atoms with Gasteiger partial charge in [-0.1, -0.05) is 6.92 Å². The van der Waals surface area contributed by atoms with Gasteiger partial charge in [-0.3, -0.25) is 4.99 Å². The number of aliphatic imine (C=N–C) groups is 1. The molecule has 7 heteroatoms. The van der Waals surface area contributed by atoms with Gasteiger partial charge in [0.05, 0.1) is 12.7 Å². The molecule has 146 valence electrons. The van der Waals surface area contributed by atoms with Gasteiger partial charge in [-0.15, -0.1) is 24.0 Å². The summed E-state index contributed by atoms with van der Waals surface area (Å²) in [7, 11) is 1.88. The van der Waals surface area contributed by atoms with Crippen LogP contribution in [-0.2, 0) is 9.47 Å². The van der Waals surface area contributed by atoms with Crippen molar-refractivity contribution in [3.63, 3.8) is 0 Å². The molecule has 3 unspecified atom stereocenters. The molecule has 3 atom stereocenters. The number of hydrogen-bond donors (Lipinski definition) is 1. The Morgan fingerprint density at radius 1 is 1.08 bits per heavy atom. The van der Waals surface area contributed by atoms with E-state index in [0.29, 0.717) is 0 Å². The molecule has 0 radical (unpaired) electrons. The van der Waals surface area contributed by atoms with Crippen LogP contribution in [0.4, 0.5) is 0 Å². The molecule has 6 nitrogen and oxygen atoms in total. The van der Waals surface area contributed by atoms with Crippen molar-refractivity contribution in [1.82, 2.24) is 15.1 Å². The Morgan fingerprint density at radius 3 is 2.64 bits per heavy atom. The molecule has 3 aliphatic heterocycles. The minimum atomic E-state index is 0. The molecule has 0 bridgehead atoms. The summed E-state index contributed by atoms with van der Waals surface area (Å²) in [5, 5.41) is 3.55. The number of morpholine rings is 1. The molecule has 0 aliphatic carbocycles. The second kappa shape index (κ2) is 10.9. The van der Waals surface area contributed by atoms with Gasteiger partial charge in [-0.25, -0.2) is 0 Å². The van der Waals surface area contributed by atoms with E-state index in [0.717, 1.165) is 64.1 Å². The third-order valence-electron chi connectivity index (χ3n) is 5.44. The maximum absolute atomic E-state index is 5.94. The molecule has 1 N–H and O–H groups in total. The summed E-state index contributed by atoms with van der Waals surface area (Å²) < 4.78 is 11.7. The molecule has 25 heavy (non-hydrogen) atoms. The molecule has 3 saturated heterocycles. The van der Waals surface area contributed by atoms with Crippen LogP contribution >= 0.6 is 24.0 Å². The number of likely N-dealkylation sites (tertiary alicyclic amines) is 1. The normalized spacial score (nSPS) is 31.7. The largest absolute Gasteiger partial charge is 0.375 e. The number of ether oxygens (including phenoxy) is 2. The second-order valence-corrected chi connectivity index (χ2v) is 7.43. The highest BCUT2D eigenvalue weighted by atomic mass is 127. The lowest BCUT2D eigenvalue weighted by Gasteiger charge is -2.37. The van der Waals surface area contributed by atoms with Crippen molar-refractivity contribution in [3.05, 3.63) is 0 Å². The Morgan fingerprint density at radius 2 is 1.92 bits per heavy atom. The van der Waals surface area contributed by atoms with Crippen LogP contribution in [0.15, 0.2) is 4.99 Å². The van der Waals surface area contributed by atoms with Gasteiger partial charge in [0.25, 0.3) is 0 Å². The Kier molecular flexibility index (Phi) is 9.23. The molecule has 3 aliphatic rings. The van der Waals surface area contributed by atoms with Gasteiger partial charge >= 0.3 is 0 Å². The summed E-state index contributed by atoms with van der Waals surface area (Å²) in [6.07, 6.45) is 5.44. The van der Waals surface area contributed by atoms with Crippen molar-refractivity contribution in [2.45, 2.75) is 44.8 Å². The predicted molar refractivity (Wildman–Crippen MR) is 112 cm³/mol. The summed E-state index contributed by atoms with van der Waals surface area (Å²) in [5.74, 6) is 1.84. The Balaban J connectivity index is 0.00000225. The average molecular weight is 466 g/mol. The number of guanidine groups is 1. The molecule has 0 aromatic carbocycles. The minimum absolute atomic E-state index is 0. The van der Waals surface area contributed by atoms with Gasteiger partial charge in [0.15, 0.2) is 5.96 Å². The highest BCUT2D eigenvalue weighted by Gasteiger charge is 2.32. The Hall–Kier alpha value is -0.120. The molecular formula is C18H35IN4O2. The predicted octanol–water partition coefficient (Wildman–Crippen LogP) is 1.79. The van der Waals surface area contributed by atoms with Crippen LogP contribution in [0.5, 0.6) is 0 Å². The topological polar surface area (TPSA) is 49.3 Å². The van der Waals surface area contributed by atoms with E-state index < -0.39 is 0 Å². The van der Waals surface area contributed by atoms with Gasteiger partial charge < -0.3 is 24.6 Å². The number of nitrogens with one attached hydrogen (secondary N) is 1. The van der Waals surface area contributed by atoms with Crippen LogP contribution in [-0.4, -0.2) is 87.5 Å². The van der Waals surface area contributed by atoms with Crippen LogP contribution in [0.1, 0.15) is 32.6 Å². The maximum Gasteiger partial charge on any atom is 0.193 e. The number of nitrogens with zero attached hydrogens (tertiary/aromatic N) is 3. The standard InChI is InChI=1S/C18H34N4O2.HI/c1-15-5-3-8-21(13-15)9-7-20-18(19-2)22-10-12-24-17(14-22)16-6-4-11-23-16;/h15-17H,3-14H2,1-2H3,(H,19,20);1H. The van der Waals surface area contributed by atoms with Gasteiger partial charge in [0, 0.05) is 46.4 Å². The molecule has 3 rings (SSSR count). The van der Waals surface area contributed by atoms with Crippen LogP contribution < -0.4 is 5.32 Å². The van der Waals surface area contributed by atoms with Crippen LogP contribution in [0, 0.1) is 5.92 Å². The van der Waals surface area contributed by atoms with Crippen molar-refractivity contribution in [3.8, 4) is 0 Å². The zero-order chi connectivity index (χ0) is 16.8. The lowest BCUT2D eigenvalue weighted by Crippen LogP contribution is -2.54. The first-order valence-corrected chi connectivity index (χ1v) is 9.67. The van der Waals surface area contributed by atoms with E-state index in [2.05, 4.69) is 27.0 Å². The molecule has 0 saturated carbocycles. The van der Waals surface area contributed by atoms with Crippen molar-refractivity contribution in [1.29, 1.82) is 0 Å².